The van der Waals surface area contributed by atoms with Gasteiger partial charge in [-0.05, 0) is 23.7 Å². The van der Waals surface area contributed by atoms with Crippen LogP contribution in [0, 0.1) is 0 Å². The van der Waals surface area contributed by atoms with Crippen LogP contribution in [0.25, 0.3) is 0 Å². The first kappa shape index (κ1) is 17.6. The van der Waals surface area contributed by atoms with Crippen molar-refractivity contribution in [2.45, 2.75) is 13.8 Å². The summed E-state index contributed by atoms with van der Waals surface area (Å²) < 4.78 is 5.26. The summed E-state index contributed by atoms with van der Waals surface area (Å²) in [7, 11) is 0. The largest absolute Gasteiger partial charge is 0.396 e. The van der Waals surface area contributed by atoms with Gasteiger partial charge in [0.25, 0.3) is 0 Å². The molecule has 20 heavy (non-hydrogen) atoms. The van der Waals surface area contributed by atoms with Gasteiger partial charge in [-0.1, -0.05) is 47.0 Å². The highest BCUT2D eigenvalue weighted by Gasteiger charge is 2.28. The molecule has 2 aliphatic rings. The quantitative estimate of drug-likeness (QED) is 0.670. The summed E-state index contributed by atoms with van der Waals surface area (Å²) in [6.45, 7) is 4.74. The second-order valence-corrected chi connectivity index (χ2v) is 11.5. The molecule has 2 heterocycles. The average molecular weight is 385 g/mol. The van der Waals surface area contributed by atoms with Gasteiger partial charge in [0.15, 0.2) is 0 Å². The second kappa shape index (κ2) is 8.76. The van der Waals surface area contributed by atoms with E-state index in [2.05, 4.69) is 13.8 Å². The van der Waals surface area contributed by atoms with E-state index in [4.69, 9.17) is 10.2 Å². The van der Waals surface area contributed by atoms with Gasteiger partial charge in [0.2, 0.25) is 0 Å². The van der Waals surface area contributed by atoms with Gasteiger partial charge in [-0.3, -0.25) is 0 Å². The van der Waals surface area contributed by atoms with Crippen molar-refractivity contribution in [2.24, 2.45) is 0 Å². The van der Waals surface area contributed by atoms with Crippen molar-refractivity contribution in [3.8, 4) is 0 Å². The molecule has 0 bridgehead atoms. The molecule has 112 valence electrons. The van der Waals surface area contributed by atoms with E-state index in [-0.39, 0.29) is 13.2 Å². The topological polar surface area (TPSA) is 40.5 Å². The normalized spacial score (nSPS) is 19.8. The highest BCUT2D eigenvalue weighted by molar-refractivity contribution is 8.42. The van der Waals surface area contributed by atoms with Crippen LogP contribution in [0.2, 0.25) is 0 Å². The van der Waals surface area contributed by atoms with E-state index in [0.29, 0.717) is 0 Å². The molecular formula is C12H16O2S6. The van der Waals surface area contributed by atoms with Crippen LogP contribution in [0.3, 0.4) is 0 Å². The monoisotopic (exact) mass is 384 g/mol. The van der Waals surface area contributed by atoms with Gasteiger partial charge in [0.1, 0.15) is 0 Å². The van der Waals surface area contributed by atoms with Gasteiger partial charge >= 0.3 is 0 Å². The second-order valence-electron chi connectivity index (χ2n) is 3.81. The minimum atomic E-state index is 0.201. The third-order valence-corrected chi connectivity index (χ3v) is 11.0. The van der Waals surface area contributed by atoms with Crippen molar-refractivity contribution in [3.63, 3.8) is 0 Å². The molecule has 0 radical (unpaired) electrons. The summed E-state index contributed by atoms with van der Waals surface area (Å²) in [4.78, 5) is 2.78. The average Bonchev–Trinajstić information content (AvgIpc) is 2.98. The van der Waals surface area contributed by atoms with Crippen molar-refractivity contribution in [3.05, 3.63) is 26.8 Å². The Bertz CT molecular complexity index is 431. The Hall–Kier alpha value is 1.24. The SMILES string of the molecule is CC1=C(C)SC(=C2SC(SCCO)=C(SCCO)S2)S1. The van der Waals surface area contributed by atoms with Crippen LogP contribution in [-0.2, 0) is 0 Å². The highest BCUT2D eigenvalue weighted by Crippen LogP contribution is 2.63. The maximum absolute atomic E-state index is 9.00. The standard InChI is InChI=1S/C12H16O2S6/c1-7-8(2)18-11(17-7)12-19-9(15-5-3-13)10(20-12)16-6-4-14/h13-14H,3-6H2,1-2H3. The number of hydrogen-bond donors (Lipinski definition) is 2. The van der Waals surface area contributed by atoms with Gasteiger partial charge in [0, 0.05) is 11.5 Å². The third kappa shape index (κ3) is 4.62. The molecular weight excluding hydrogens is 369 g/mol. The lowest BCUT2D eigenvalue weighted by Gasteiger charge is -2.02. The van der Waals surface area contributed by atoms with Gasteiger partial charge in [-0.25, -0.2) is 0 Å². The Balaban J connectivity index is 2.06. The van der Waals surface area contributed by atoms with Crippen LogP contribution in [0.4, 0.5) is 0 Å². The predicted octanol–water partition coefficient (Wildman–Crippen LogP) is 4.90. The van der Waals surface area contributed by atoms with E-state index < -0.39 is 0 Å². The Morgan fingerprint density at radius 3 is 1.55 bits per heavy atom. The lowest BCUT2D eigenvalue weighted by atomic mass is 10.6. The van der Waals surface area contributed by atoms with Gasteiger partial charge < -0.3 is 10.2 Å². The van der Waals surface area contributed by atoms with Gasteiger partial charge in [-0.2, -0.15) is 0 Å². The summed E-state index contributed by atoms with van der Waals surface area (Å²) >= 11 is 10.8. The molecule has 2 rings (SSSR count). The van der Waals surface area contributed by atoms with Crippen LogP contribution in [0.5, 0.6) is 0 Å². The molecule has 0 spiro atoms. The molecule has 0 unspecified atom stereocenters. The van der Waals surface area contributed by atoms with Gasteiger partial charge in [-0.15, -0.1) is 23.5 Å². The highest BCUT2D eigenvalue weighted by atomic mass is 32.3. The molecule has 0 aromatic carbocycles. The zero-order chi connectivity index (χ0) is 14.5. The number of thioether (sulfide) groups is 6. The van der Waals surface area contributed by atoms with E-state index in [9.17, 15) is 0 Å². The van der Waals surface area contributed by atoms with Crippen molar-refractivity contribution >= 4 is 70.6 Å². The first-order chi connectivity index (χ1) is 9.65. The van der Waals surface area contributed by atoms with Crippen LogP contribution in [0.1, 0.15) is 13.8 Å². The summed E-state index contributed by atoms with van der Waals surface area (Å²) in [6, 6.07) is 0. The molecule has 0 saturated heterocycles. The van der Waals surface area contributed by atoms with Crippen LogP contribution in [-0.4, -0.2) is 34.9 Å². The molecule has 0 atom stereocenters. The molecule has 8 heteroatoms. The molecule has 0 amide bonds. The molecule has 0 saturated carbocycles. The number of rotatable bonds is 6. The zero-order valence-electron chi connectivity index (χ0n) is 11.2. The molecule has 2 nitrogen and oxygen atoms in total. The third-order valence-electron chi connectivity index (χ3n) is 2.34. The zero-order valence-corrected chi connectivity index (χ0v) is 16.1. The molecule has 0 aromatic heterocycles. The van der Waals surface area contributed by atoms with Crippen molar-refractivity contribution in [1.29, 1.82) is 0 Å². The number of hydrogen-bond acceptors (Lipinski definition) is 8. The maximum Gasteiger partial charge on any atom is 0.0717 e. The van der Waals surface area contributed by atoms with E-state index in [1.807, 2.05) is 47.0 Å². The summed E-state index contributed by atoms with van der Waals surface area (Å²) in [5.74, 6) is 1.45. The molecule has 2 N–H and O–H groups in total. The minimum absolute atomic E-state index is 0.201. The summed E-state index contributed by atoms with van der Waals surface area (Å²) in [5.41, 5.74) is 0. The fraction of sp³-hybridized carbons (Fsp3) is 0.500. The first-order valence-corrected chi connectivity index (χ1v) is 11.2. The summed E-state index contributed by atoms with van der Waals surface area (Å²) in [5, 5.41) is 18.0. The van der Waals surface area contributed by atoms with Crippen molar-refractivity contribution in [2.75, 3.05) is 24.7 Å². The number of allylic oxidation sites excluding steroid dienone is 2. The van der Waals surface area contributed by atoms with E-state index in [0.717, 1.165) is 11.5 Å². The molecule has 2 aliphatic heterocycles. The Morgan fingerprint density at radius 1 is 0.750 bits per heavy atom. The van der Waals surface area contributed by atoms with Crippen LogP contribution in [0.15, 0.2) is 26.8 Å². The fourth-order valence-corrected chi connectivity index (χ4v) is 9.63. The van der Waals surface area contributed by atoms with Crippen molar-refractivity contribution in [1.82, 2.24) is 0 Å². The maximum atomic E-state index is 9.00. The Labute approximate surface area is 145 Å². The fourth-order valence-electron chi connectivity index (χ4n) is 1.34. The van der Waals surface area contributed by atoms with Crippen LogP contribution >= 0.6 is 70.6 Å². The smallest absolute Gasteiger partial charge is 0.0717 e. The molecule has 0 aromatic rings. The minimum Gasteiger partial charge on any atom is -0.396 e. The van der Waals surface area contributed by atoms with Crippen LogP contribution < -0.4 is 0 Å². The Kier molecular flexibility index (Phi) is 7.71. The molecule has 0 fully saturated rings. The number of aliphatic hydroxyl groups is 2. The van der Waals surface area contributed by atoms with E-state index in [1.165, 1.54) is 26.8 Å². The Morgan fingerprint density at radius 2 is 1.15 bits per heavy atom. The lowest BCUT2D eigenvalue weighted by molar-refractivity contribution is 0.322. The van der Waals surface area contributed by atoms with Crippen molar-refractivity contribution < 1.29 is 10.2 Å². The molecule has 0 aliphatic carbocycles. The first-order valence-electron chi connectivity index (χ1n) is 6.00. The van der Waals surface area contributed by atoms with E-state index in [1.54, 1.807) is 23.5 Å². The lowest BCUT2D eigenvalue weighted by Crippen LogP contribution is -1.87. The van der Waals surface area contributed by atoms with E-state index >= 15 is 0 Å². The predicted molar refractivity (Wildman–Crippen MR) is 102 cm³/mol. The number of aliphatic hydroxyl groups excluding tert-OH is 2. The van der Waals surface area contributed by atoms with Gasteiger partial charge in [0.05, 0.1) is 30.2 Å². The summed E-state index contributed by atoms with van der Waals surface area (Å²) in [6.07, 6.45) is 0.